The summed E-state index contributed by atoms with van der Waals surface area (Å²) in [7, 11) is 0. The normalized spacial score (nSPS) is 11.6. The smallest absolute Gasteiger partial charge is 0.170 e. The van der Waals surface area contributed by atoms with Gasteiger partial charge in [-0.15, -0.1) is 11.8 Å². The molecule has 0 unspecified atom stereocenters. The Balaban J connectivity index is 2.08. The van der Waals surface area contributed by atoms with E-state index in [-0.39, 0.29) is 5.84 Å². The molecule has 0 amide bonds. The number of nitrogens with zero attached hydrogens (tertiary/aromatic N) is 1. The number of amidine groups is 1. The van der Waals surface area contributed by atoms with Crippen molar-refractivity contribution in [3.05, 3.63) is 64.4 Å². The van der Waals surface area contributed by atoms with Crippen LogP contribution in [0.3, 0.4) is 0 Å². The molecule has 0 bridgehead atoms. The second-order valence-corrected chi connectivity index (χ2v) is 5.50. The summed E-state index contributed by atoms with van der Waals surface area (Å²) in [5.41, 5.74) is 6.81. The van der Waals surface area contributed by atoms with Crippen molar-refractivity contribution in [2.24, 2.45) is 10.9 Å². The number of nitrogens with two attached hydrogens (primary N) is 1. The minimum absolute atomic E-state index is 0.113. The van der Waals surface area contributed by atoms with Gasteiger partial charge in [-0.2, -0.15) is 0 Å². The van der Waals surface area contributed by atoms with Crippen LogP contribution in [0.5, 0.6) is 0 Å². The molecule has 0 aliphatic carbocycles. The number of thioether (sulfide) groups is 1. The second kappa shape index (κ2) is 6.63. The van der Waals surface area contributed by atoms with Gasteiger partial charge in [-0.1, -0.05) is 28.9 Å². The lowest BCUT2D eigenvalue weighted by Crippen LogP contribution is -2.13. The summed E-state index contributed by atoms with van der Waals surface area (Å²) in [6.45, 7) is 0. The molecule has 3 N–H and O–H groups in total. The molecular formula is C14H12ClFN2OS. The Morgan fingerprint density at radius 3 is 2.55 bits per heavy atom. The Bertz CT molecular complexity index is 632. The van der Waals surface area contributed by atoms with Gasteiger partial charge in [0, 0.05) is 21.2 Å². The molecule has 0 spiro atoms. The fourth-order valence-electron chi connectivity index (χ4n) is 1.58. The average Bonchev–Trinajstić information content (AvgIpc) is 2.46. The van der Waals surface area contributed by atoms with Gasteiger partial charge in [-0.3, -0.25) is 0 Å². The van der Waals surface area contributed by atoms with Crippen molar-refractivity contribution in [2.75, 3.05) is 0 Å². The van der Waals surface area contributed by atoms with E-state index in [1.54, 1.807) is 24.3 Å². The van der Waals surface area contributed by atoms with Crippen LogP contribution in [-0.2, 0) is 5.75 Å². The van der Waals surface area contributed by atoms with Gasteiger partial charge in [0.25, 0.3) is 0 Å². The first kappa shape index (κ1) is 14.7. The Morgan fingerprint density at radius 1 is 1.25 bits per heavy atom. The van der Waals surface area contributed by atoms with E-state index < -0.39 is 5.82 Å². The lowest BCUT2D eigenvalue weighted by molar-refractivity contribution is 0.318. The summed E-state index contributed by atoms with van der Waals surface area (Å²) in [4.78, 5) is 0.509. The first-order valence-corrected chi connectivity index (χ1v) is 7.11. The van der Waals surface area contributed by atoms with E-state index in [1.807, 2.05) is 12.1 Å². The van der Waals surface area contributed by atoms with Crippen molar-refractivity contribution in [3.8, 4) is 0 Å². The highest BCUT2D eigenvalue weighted by Crippen LogP contribution is 2.26. The molecule has 0 aliphatic heterocycles. The number of oxime groups is 1. The van der Waals surface area contributed by atoms with Crippen LogP contribution in [0.1, 0.15) is 11.1 Å². The van der Waals surface area contributed by atoms with E-state index in [1.165, 1.54) is 17.8 Å². The van der Waals surface area contributed by atoms with Crippen LogP contribution in [-0.4, -0.2) is 11.0 Å². The quantitative estimate of drug-likeness (QED) is 0.296. The largest absolute Gasteiger partial charge is 0.409 e. The SMILES string of the molecule is N/C(=N/O)c1ccc(SCc2ccc(Cl)cc2)c(F)c1. The van der Waals surface area contributed by atoms with Crippen LogP contribution in [0.4, 0.5) is 4.39 Å². The van der Waals surface area contributed by atoms with Crippen LogP contribution >= 0.6 is 23.4 Å². The molecule has 20 heavy (non-hydrogen) atoms. The molecule has 3 nitrogen and oxygen atoms in total. The Labute approximate surface area is 125 Å². The van der Waals surface area contributed by atoms with Gasteiger partial charge in [0.1, 0.15) is 5.82 Å². The average molecular weight is 311 g/mol. The van der Waals surface area contributed by atoms with Crippen molar-refractivity contribution in [3.63, 3.8) is 0 Å². The van der Waals surface area contributed by atoms with Gasteiger partial charge >= 0.3 is 0 Å². The number of hydrogen-bond acceptors (Lipinski definition) is 3. The van der Waals surface area contributed by atoms with E-state index in [0.29, 0.717) is 21.2 Å². The summed E-state index contributed by atoms with van der Waals surface area (Å²) < 4.78 is 13.9. The van der Waals surface area contributed by atoms with Gasteiger partial charge in [-0.25, -0.2) is 4.39 Å². The molecule has 0 atom stereocenters. The predicted molar refractivity (Wildman–Crippen MR) is 79.9 cm³/mol. The predicted octanol–water partition coefficient (Wildman–Crippen LogP) is 3.87. The first-order valence-electron chi connectivity index (χ1n) is 5.75. The van der Waals surface area contributed by atoms with Crippen LogP contribution in [0.2, 0.25) is 5.02 Å². The van der Waals surface area contributed by atoms with Crippen molar-refractivity contribution in [2.45, 2.75) is 10.6 Å². The standard InChI is InChI=1S/C14H12ClFN2OS/c15-11-4-1-9(2-5-11)8-20-13-6-3-10(7-12(13)16)14(17)18-19/h1-7,19H,8H2,(H2,17,18). The maximum Gasteiger partial charge on any atom is 0.170 e. The van der Waals surface area contributed by atoms with E-state index >= 15 is 0 Å². The molecule has 2 aromatic carbocycles. The van der Waals surface area contributed by atoms with Gasteiger partial charge < -0.3 is 10.9 Å². The Morgan fingerprint density at radius 2 is 1.95 bits per heavy atom. The molecule has 0 heterocycles. The third-order valence-corrected chi connectivity index (χ3v) is 4.01. The molecule has 0 aromatic heterocycles. The first-order chi connectivity index (χ1) is 9.60. The number of rotatable bonds is 4. The van der Waals surface area contributed by atoms with Gasteiger partial charge in [-0.05, 0) is 35.9 Å². The van der Waals surface area contributed by atoms with E-state index in [9.17, 15) is 4.39 Å². The van der Waals surface area contributed by atoms with E-state index in [0.717, 1.165) is 5.56 Å². The number of hydrogen-bond donors (Lipinski definition) is 2. The summed E-state index contributed by atoms with van der Waals surface area (Å²) in [5.74, 6) is 0.128. The lowest BCUT2D eigenvalue weighted by Gasteiger charge is -2.06. The number of benzene rings is 2. The van der Waals surface area contributed by atoms with Gasteiger partial charge in [0.2, 0.25) is 0 Å². The fraction of sp³-hybridized carbons (Fsp3) is 0.0714. The molecule has 0 saturated heterocycles. The van der Waals surface area contributed by atoms with E-state index in [2.05, 4.69) is 5.16 Å². The molecule has 6 heteroatoms. The highest BCUT2D eigenvalue weighted by atomic mass is 35.5. The zero-order valence-corrected chi connectivity index (χ0v) is 12.0. The molecule has 104 valence electrons. The van der Waals surface area contributed by atoms with Gasteiger partial charge in [0.05, 0.1) is 0 Å². The minimum atomic E-state index is -0.395. The van der Waals surface area contributed by atoms with Crippen molar-refractivity contribution in [1.82, 2.24) is 0 Å². The summed E-state index contributed by atoms with van der Waals surface area (Å²) in [6.07, 6.45) is 0. The molecular weight excluding hydrogens is 299 g/mol. The summed E-state index contributed by atoms with van der Waals surface area (Å²) >= 11 is 7.18. The molecule has 2 rings (SSSR count). The van der Waals surface area contributed by atoms with Crippen LogP contribution in [0.25, 0.3) is 0 Å². The van der Waals surface area contributed by atoms with Crippen molar-refractivity contribution >= 4 is 29.2 Å². The Hall–Kier alpha value is -1.72. The monoisotopic (exact) mass is 310 g/mol. The van der Waals surface area contributed by atoms with Crippen molar-refractivity contribution in [1.29, 1.82) is 0 Å². The Kier molecular flexibility index (Phi) is 4.87. The maximum atomic E-state index is 13.9. The van der Waals surface area contributed by atoms with Crippen LogP contribution < -0.4 is 5.73 Å². The molecule has 2 aromatic rings. The zero-order valence-electron chi connectivity index (χ0n) is 10.4. The highest BCUT2D eigenvalue weighted by molar-refractivity contribution is 7.98. The highest BCUT2D eigenvalue weighted by Gasteiger charge is 2.07. The third kappa shape index (κ3) is 3.65. The molecule has 0 fully saturated rings. The zero-order chi connectivity index (χ0) is 14.5. The molecule has 0 radical (unpaired) electrons. The fourth-order valence-corrected chi connectivity index (χ4v) is 2.58. The molecule has 0 aliphatic rings. The summed E-state index contributed by atoms with van der Waals surface area (Å²) in [5, 5.41) is 12.1. The maximum absolute atomic E-state index is 13.9. The lowest BCUT2D eigenvalue weighted by atomic mass is 10.2. The van der Waals surface area contributed by atoms with Crippen molar-refractivity contribution < 1.29 is 9.60 Å². The van der Waals surface area contributed by atoms with E-state index in [4.69, 9.17) is 22.5 Å². The summed E-state index contributed by atoms with van der Waals surface area (Å²) in [6, 6.07) is 11.9. The van der Waals surface area contributed by atoms with Crippen LogP contribution in [0, 0.1) is 5.82 Å². The van der Waals surface area contributed by atoms with Crippen LogP contribution in [0.15, 0.2) is 52.5 Å². The number of halogens is 2. The molecule has 0 saturated carbocycles. The third-order valence-electron chi connectivity index (χ3n) is 2.64. The minimum Gasteiger partial charge on any atom is -0.409 e. The topological polar surface area (TPSA) is 58.6 Å². The second-order valence-electron chi connectivity index (χ2n) is 4.05. The van der Waals surface area contributed by atoms with Gasteiger partial charge in [0.15, 0.2) is 5.84 Å².